The highest BCUT2D eigenvalue weighted by atomic mass is 19.1. The first-order chi connectivity index (χ1) is 10.3. The second-order valence-electron chi connectivity index (χ2n) is 4.79. The van der Waals surface area contributed by atoms with Crippen molar-refractivity contribution in [3.8, 4) is 6.07 Å². The van der Waals surface area contributed by atoms with Crippen molar-refractivity contribution in [3.05, 3.63) is 77.6 Å². The van der Waals surface area contributed by atoms with Crippen molar-refractivity contribution in [2.75, 3.05) is 5.32 Å². The van der Waals surface area contributed by atoms with E-state index in [1.165, 1.54) is 18.2 Å². The number of rotatable bonds is 3. The van der Waals surface area contributed by atoms with E-state index in [0.29, 0.717) is 17.7 Å². The van der Waals surface area contributed by atoms with E-state index in [4.69, 9.17) is 5.26 Å². The van der Waals surface area contributed by atoms with Crippen LogP contribution in [0, 0.1) is 17.1 Å². The number of fused-ring (bicyclic) bond motifs is 1. The first-order valence-electron chi connectivity index (χ1n) is 6.68. The van der Waals surface area contributed by atoms with Gasteiger partial charge in [-0.2, -0.15) is 5.26 Å². The van der Waals surface area contributed by atoms with E-state index in [9.17, 15) is 4.39 Å². The lowest BCUT2D eigenvalue weighted by Gasteiger charge is -2.11. The predicted molar refractivity (Wildman–Crippen MR) is 82.4 cm³/mol. The highest BCUT2D eigenvalue weighted by molar-refractivity contribution is 5.93. The number of nitrogens with zero attached hydrogens (tertiary/aromatic N) is 1. The second kappa shape index (κ2) is 5.64. The molecule has 0 saturated heterocycles. The summed E-state index contributed by atoms with van der Waals surface area (Å²) in [5.74, 6) is -0.330. The summed E-state index contributed by atoms with van der Waals surface area (Å²) in [6.07, 6.45) is 0. The minimum Gasteiger partial charge on any atom is -0.380 e. The summed E-state index contributed by atoms with van der Waals surface area (Å²) < 4.78 is 13.3. The van der Waals surface area contributed by atoms with Crippen molar-refractivity contribution >= 4 is 16.5 Å². The maximum absolute atomic E-state index is 13.3. The van der Waals surface area contributed by atoms with Gasteiger partial charge in [0.2, 0.25) is 0 Å². The normalized spacial score (nSPS) is 10.3. The molecule has 0 heterocycles. The largest absolute Gasteiger partial charge is 0.380 e. The van der Waals surface area contributed by atoms with Gasteiger partial charge in [-0.05, 0) is 35.2 Å². The molecule has 0 amide bonds. The molecule has 0 aliphatic heterocycles. The fourth-order valence-corrected chi connectivity index (χ4v) is 2.39. The molecule has 0 spiro atoms. The van der Waals surface area contributed by atoms with Crippen LogP contribution in [0.1, 0.15) is 11.1 Å². The number of benzene rings is 3. The van der Waals surface area contributed by atoms with Crippen LogP contribution in [0.2, 0.25) is 0 Å². The minimum atomic E-state index is -0.330. The van der Waals surface area contributed by atoms with E-state index in [2.05, 4.69) is 11.4 Å². The average molecular weight is 276 g/mol. The standard InChI is InChI=1S/C18H13FN2/c19-16-9-8-14(11-20)15(10-16)12-21-18-7-3-5-13-4-1-2-6-17(13)18/h1-10,21H,12H2. The summed E-state index contributed by atoms with van der Waals surface area (Å²) in [5.41, 5.74) is 2.12. The molecule has 0 unspecified atom stereocenters. The Morgan fingerprint density at radius 1 is 1.00 bits per heavy atom. The molecule has 1 N–H and O–H groups in total. The van der Waals surface area contributed by atoms with Gasteiger partial charge in [0.1, 0.15) is 5.82 Å². The van der Waals surface area contributed by atoms with Crippen molar-refractivity contribution in [2.24, 2.45) is 0 Å². The molecule has 0 aliphatic carbocycles. The molecule has 3 rings (SSSR count). The van der Waals surface area contributed by atoms with Crippen LogP contribution in [0.3, 0.4) is 0 Å². The van der Waals surface area contributed by atoms with Crippen molar-refractivity contribution in [1.82, 2.24) is 0 Å². The molecule has 3 aromatic carbocycles. The fraction of sp³-hybridized carbons (Fsp3) is 0.0556. The Kier molecular flexibility index (Phi) is 3.53. The van der Waals surface area contributed by atoms with Crippen molar-refractivity contribution in [2.45, 2.75) is 6.54 Å². The van der Waals surface area contributed by atoms with E-state index < -0.39 is 0 Å². The van der Waals surface area contributed by atoms with Gasteiger partial charge in [0, 0.05) is 17.6 Å². The van der Waals surface area contributed by atoms with E-state index >= 15 is 0 Å². The second-order valence-corrected chi connectivity index (χ2v) is 4.79. The van der Waals surface area contributed by atoms with Gasteiger partial charge in [0.05, 0.1) is 11.6 Å². The molecule has 0 bridgehead atoms. The van der Waals surface area contributed by atoms with Crippen molar-refractivity contribution in [1.29, 1.82) is 5.26 Å². The van der Waals surface area contributed by atoms with Crippen molar-refractivity contribution < 1.29 is 4.39 Å². The summed E-state index contributed by atoms with van der Waals surface area (Å²) in [4.78, 5) is 0. The quantitative estimate of drug-likeness (QED) is 0.766. The number of anilines is 1. The molecule has 0 fully saturated rings. The summed E-state index contributed by atoms with van der Waals surface area (Å²) in [6.45, 7) is 0.411. The van der Waals surface area contributed by atoms with Gasteiger partial charge >= 0.3 is 0 Å². The zero-order valence-electron chi connectivity index (χ0n) is 11.3. The van der Waals surface area contributed by atoms with Gasteiger partial charge in [-0.15, -0.1) is 0 Å². The van der Waals surface area contributed by atoms with Gasteiger partial charge in [-0.25, -0.2) is 4.39 Å². The SMILES string of the molecule is N#Cc1ccc(F)cc1CNc1cccc2ccccc12. The number of nitrogens with one attached hydrogen (secondary N) is 1. The Morgan fingerprint density at radius 3 is 2.67 bits per heavy atom. The van der Waals surface area contributed by atoms with E-state index in [0.717, 1.165) is 16.5 Å². The molecular formula is C18H13FN2. The highest BCUT2D eigenvalue weighted by Gasteiger charge is 2.05. The molecule has 0 aromatic heterocycles. The zero-order chi connectivity index (χ0) is 14.7. The molecule has 0 atom stereocenters. The summed E-state index contributed by atoms with van der Waals surface area (Å²) in [5, 5.41) is 14.6. The average Bonchev–Trinajstić information content (AvgIpc) is 2.53. The third kappa shape index (κ3) is 2.70. The molecule has 3 aromatic rings. The first kappa shape index (κ1) is 13.1. The number of hydrogen-bond donors (Lipinski definition) is 1. The Hall–Kier alpha value is -2.86. The molecule has 3 heteroatoms. The zero-order valence-corrected chi connectivity index (χ0v) is 11.3. The smallest absolute Gasteiger partial charge is 0.123 e. The lowest BCUT2D eigenvalue weighted by molar-refractivity contribution is 0.625. The lowest BCUT2D eigenvalue weighted by atomic mass is 10.1. The predicted octanol–water partition coefficient (Wildman–Crippen LogP) is 4.46. The molecule has 21 heavy (non-hydrogen) atoms. The molecule has 102 valence electrons. The first-order valence-corrected chi connectivity index (χ1v) is 6.68. The van der Waals surface area contributed by atoms with Gasteiger partial charge < -0.3 is 5.32 Å². The molecule has 2 nitrogen and oxygen atoms in total. The van der Waals surface area contributed by atoms with Crippen molar-refractivity contribution in [3.63, 3.8) is 0 Å². The van der Waals surface area contributed by atoms with Crippen LogP contribution >= 0.6 is 0 Å². The van der Waals surface area contributed by atoms with Crippen LogP contribution in [0.15, 0.2) is 60.7 Å². The van der Waals surface area contributed by atoms with Gasteiger partial charge in [0.15, 0.2) is 0 Å². The molecule has 0 saturated carbocycles. The number of halogens is 1. The van der Waals surface area contributed by atoms with Crippen LogP contribution in [-0.4, -0.2) is 0 Å². The Labute approximate surface area is 122 Å². The van der Waals surface area contributed by atoms with Gasteiger partial charge in [-0.1, -0.05) is 36.4 Å². The molecule has 0 radical (unpaired) electrons. The Bertz CT molecular complexity index is 829. The Morgan fingerprint density at radius 2 is 1.81 bits per heavy atom. The summed E-state index contributed by atoms with van der Waals surface area (Å²) in [7, 11) is 0. The maximum Gasteiger partial charge on any atom is 0.123 e. The third-order valence-electron chi connectivity index (χ3n) is 3.45. The van der Waals surface area contributed by atoms with Crippen LogP contribution in [-0.2, 0) is 6.54 Å². The Balaban J connectivity index is 1.91. The fourth-order valence-electron chi connectivity index (χ4n) is 2.39. The van der Waals surface area contributed by atoms with Crippen LogP contribution in [0.25, 0.3) is 10.8 Å². The number of hydrogen-bond acceptors (Lipinski definition) is 2. The van der Waals surface area contributed by atoms with E-state index in [-0.39, 0.29) is 5.82 Å². The third-order valence-corrected chi connectivity index (χ3v) is 3.45. The van der Waals surface area contributed by atoms with Gasteiger partial charge in [0.25, 0.3) is 0 Å². The van der Waals surface area contributed by atoms with Crippen LogP contribution in [0.5, 0.6) is 0 Å². The van der Waals surface area contributed by atoms with Gasteiger partial charge in [-0.3, -0.25) is 0 Å². The topological polar surface area (TPSA) is 35.8 Å². The minimum absolute atomic E-state index is 0.330. The molecular weight excluding hydrogens is 263 g/mol. The maximum atomic E-state index is 13.3. The lowest BCUT2D eigenvalue weighted by Crippen LogP contribution is -2.02. The molecule has 0 aliphatic rings. The van der Waals surface area contributed by atoms with E-state index in [1.807, 2.05) is 42.5 Å². The number of nitriles is 1. The van der Waals surface area contributed by atoms with Crippen LogP contribution in [0.4, 0.5) is 10.1 Å². The highest BCUT2D eigenvalue weighted by Crippen LogP contribution is 2.24. The van der Waals surface area contributed by atoms with E-state index in [1.54, 1.807) is 0 Å². The monoisotopic (exact) mass is 276 g/mol. The summed E-state index contributed by atoms with van der Waals surface area (Å²) >= 11 is 0. The van der Waals surface area contributed by atoms with Crippen LogP contribution < -0.4 is 5.32 Å². The summed E-state index contributed by atoms with van der Waals surface area (Å²) in [6, 6.07) is 20.4.